The maximum Gasteiger partial charge on any atom is 0.325 e. The average Bonchev–Trinajstić information content (AvgIpc) is 2.71. The molecule has 2 amide bonds. The Morgan fingerprint density at radius 2 is 1.80 bits per heavy atom. The lowest BCUT2D eigenvalue weighted by Crippen LogP contribution is -2.33. The predicted molar refractivity (Wildman–Crippen MR) is 106 cm³/mol. The van der Waals surface area contributed by atoms with Gasteiger partial charge in [0.15, 0.2) is 11.4 Å². The molecule has 0 spiro atoms. The molecule has 0 aliphatic carbocycles. The van der Waals surface area contributed by atoms with Crippen LogP contribution in [-0.2, 0) is 25.3 Å². The topological polar surface area (TPSA) is 141 Å². The van der Waals surface area contributed by atoms with E-state index in [1.165, 1.54) is 13.2 Å². The van der Waals surface area contributed by atoms with Crippen LogP contribution in [0.3, 0.4) is 0 Å². The van der Waals surface area contributed by atoms with E-state index in [1.54, 1.807) is 37.3 Å². The minimum atomic E-state index is -3.95. The van der Waals surface area contributed by atoms with Gasteiger partial charge < -0.3 is 14.8 Å². The van der Waals surface area contributed by atoms with Crippen LogP contribution in [0, 0.1) is 0 Å². The molecule has 0 aliphatic heterocycles. The summed E-state index contributed by atoms with van der Waals surface area (Å²) in [4.78, 5) is 39.7. The molecule has 30 heavy (non-hydrogen) atoms. The number of benzene rings is 1. The molecule has 0 saturated carbocycles. The fourth-order valence-electron chi connectivity index (χ4n) is 2.37. The Morgan fingerprint density at radius 3 is 2.43 bits per heavy atom. The lowest BCUT2D eigenvalue weighted by atomic mass is 10.2. The summed E-state index contributed by atoms with van der Waals surface area (Å²) in [6, 6.07) is 9.55. The fourth-order valence-corrected chi connectivity index (χ4v) is 3.48. The van der Waals surface area contributed by atoms with Gasteiger partial charge in [-0.2, -0.15) is 0 Å². The van der Waals surface area contributed by atoms with Crippen LogP contribution in [0.4, 0.5) is 0 Å². The summed E-state index contributed by atoms with van der Waals surface area (Å²) >= 11 is 0. The zero-order valence-corrected chi connectivity index (χ0v) is 17.2. The molecule has 2 aromatic rings. The lowest BCUT2D eigenvalue weighted by molar-refractivity contribution is -0.141. The van der Waals surface area contributed by atoms with E-state index >= 15 is 0 Å². The van der Waals surface area contributed by atoms with Gasteiger partial charge in [-0.25, -0.2) is 18.1 Å². The molecular formula is C19H21N3O7S. The Morgan fingerprint density at radius 1 is 1.10 bits per heavy atom. The van der Waals surface area contributed by atoms with E-state index in [2.05, 4.69) is 10.3 Å². The van der Waals surface area contributed by atoms with Crippen LogP contribution in [-0.4, -0.2) is 51.4 Å². The number of rotatable bonds is 9. The van der Waals surface area contributed by atoms with Gasteiger partial charge in [-0.15, -0.1) is 0 Å². The smallest absolute Gasteiger partial charge is 0.325 e. The second kappa shape index (κ2) is 10.3. The highest BCUT2D eigenvalue weighted by atomic mass is 32.2. The Labute approximate surface area is 173 Å². The second-order valence-corrected chi connectivity index (χ2v) is 7.66. The van der Waals surface area contributed by atoms with Crippen LogP contribution < -0.4 is 14.8 Å². The molecule has 11 heteroatoms. The predicted octanol–water partition coefficient (Wildman–Crippen LogP) is 0.643. The van der Waals surface area contributed by atoms with E-state index in [0.717, 1.165) is 6.20 Å². The average molecular weight is 435 g/mol. The minimum Gasteiger partial charge on any atom is -0.494 e. The molecule has 2 rings (SSSR count). The molecule has 1 heterocycles. The number of amides is 2. The Kier molecular flexibility index (Phi) is 7.87. The van der Waals surface area contributed by atoms with Crippen molar-refractivity contribution in [3.8, 4) is 5.75 Å². The maximum atomic E-state index is 12.3. The highest BCUT2D eigenvalue weighted by molar-refractivity contribution is 7.89. The van der Waals surface area contributed by atoms with Gasteiger partial charge in [0.05, 0.1) is 25.0 Å². The van der Waals surface area contributed by atoms with Crippen LogP contribution in [0.1, 0.15) is 33.3 Å². The molecule has 0 saturated heterocycles. The highest BCUT2D eigenvalue weighted by Gasteiger charge is 2.21. The zero-order chi connectivity index (χ0) is 22.1. The largest absolute Gasteiger partial charge is 0.494 e. The first-order valence-corrected chi connectivity index (χ1v) is 10.5. The number of carbonyl (C=O) groups excluding carboxylic acids is 3. The van der Waals surface area contributed by atoms with Crippen molar-refractivity contribution in [1.29, 1.82) is 0 Å². The molecule has 0 unspecified atom stereocenters. The number of nitrogens with one attached hydrogen (secondary N) is 2. The molecule has 160 valence electrons. The zero-order valence-electron chi connectivity index (χ0n) is 16.4. The highest BCUT2D eigenvalue weighted by Crippen LogP contribution is 2.18. The molecule has 10 nitrogen and oxygen atoms in total. The van der Waals surface area contributed by atoms with Gasteiger partial charge in [0, 0.05) is 6.20 Å². The molecule has 1 aromatic carbocycles. The van der Waals surface area contributed by atoms with Crippen LogP contribution in [0.25, 0.3) is 0 Å². The van der Waals surface area contributed by atoms with Gasteiger partial charge in [0.1, 0.15) is 6.54 Å². The Balaban J connectivity index is 2.10. The van der Waals surface area contributed by atoms with Crippen LogP contribution in [0.15, 0.2) is 42.6 Å². The molecule has 1 aromatic heterocycles. The Bertz CT molecular complexity index is 1020. The van der Waals surface area contributed by atoms with E-state index in [4.69, 9.17) is 9.47 Å². The molecule has 0 fully saturated rings. The lowest BCUT2D eigenvalue weighted by Gasteiger charge is -2.11. The number of aromatic nitrogens is 1. The molecule has 0 bridgehead atoms. The van der Waals surface area contributed by atoms with Crippen molar-refractivity contribution in [3.63, 3.8) is 0 Å². The van der Waals surface area contributed by atoms with Crippen molar-refractivity contribution in [2.24, 2.45) is 0 Å². The Hall–Kier alpha value is -3.47. The number of hydrogen-bond acceptors (Lipinski definition) is 8. The number of pyridine rings is 1. The SMILES string of the molecule is CCOC(=O)CNC(=O)c1ncc(C(=O)NS(=O)(=O)Cc2ccccc2)cc1OC. The number of hydrogen-bond donors (Lipinski definition) is 2. The summed E-state index contributed by atoms with van der Waals surface area (Å²) in [5, 5.41) is 2.32. The minimum absolute atomic E-state index is 0.0653. The van der Waals surface area contributed by atoms with Crippen molar-refractivity contribution in [2.45, 2.75) is 12.7 Å². The first-order valence-electron chi connectivity index (χ1n) is 8.82. The number of sulfonamides is 1. The van der Waals surface area contributed by atoms with E-state index in [0.29, 0.717) is 5.56 Å². The van der Waals surface area contributed by atoms with Crippen LogP contribution >= 0.6 is 0 Å². The number of methoxy groups -OCH3 is 1. The first-order chi connectivity index (χ1) is 14.3. The summed E-state index contributed by atoms with van der Waals surface area (Å²) in [5.74, 6) is -2.70. The second-order valence-electron chi connectivity index (χ2n) is 5.94. The van der Waals surface area contributed by atoms with Gasteiger partial charge in [0.2, 0.25) is 10.0 Å². The third kappa shape index (κ3) is 6.55. The first kappa shape index (κ1) is 22.8. The standard InChI is InChI=1S/C19H21N3O7S/c1-3-29-16(23)11-21-19(25)17-15(28-2)9-14(10-20-17)18(24)22-30(26,27)12-13-7-5-4-6-8-13/h4-10H,3,11-12H2,1-2H3,(H,21,25)(H,22,24). The van der Waals surface area contributed by atoms with Gasteiger partial charge in [-0.05, 0) is 18.6 Å². The van der Waals surface area contributed by atoms with Crippen LogP contribution in [0.5, 0.6) is 5.75 Å². The molecule has 0 aliphatic rings. The maximum absolute atomic E-state index is 12.3. The van der Waals surface area contributed by atoms with Crippen molar-refractivity contribution in [2.75, 3.05) is 20.3 Å². The monoisotopic (exact) mass is 435 g/mol. The summed E-state index contributed by atoms with van der Waals surface area (Å²) in [7, 11) is -2.69. The van der Waals surface area contributed by atoms with Crippen LogP contribution in [0.2, 0.25) is 0 Å². The summed E-state index contributed by atoms with van der Waals surface area (Å²) in [5.41, 5.74) is 0.220. The van der Waals surface area contributed by atoms with Gasteiger partial charge in [0.25, 0.3) is 11.8 Å². The van der Waals surface area contributed by atoms with E-state index in [9.17, 15) is 22.8 Å². The van der Waals surface area contributed by atoms with Crippen molar-refractivity contribution in [3.05, 3.63) is 59.4 Å². The normalized spacial score (nSPS) is 10.7. The van der Waals surface area contributed by atoms with Crippen molar-refractivity contribution < 1.29 is 32.3 Å². The van der Waals surface area contributed by atoms with E-state index in [-0.39, 0.29) is 35.9 Å². The molecular weight excluding hydrogens is 414 g/mol. The van der Waals surface area contributed by atoms with E-state index in [1.807, 2.05) is 4.72 Å². The summed E-state index contributed by atoms with van der Waals surface area (Å²) in [6.45, 7) is 1.44. The fraction of sp³-hybridized carbons (Fsp3) is 0.263. The third-order valence-electron chi connectivity index (χ3n) is 3.70. The number of nitrogens with zero attached hydrogens (tertiary/aromatic N) is 1. The van der Waals surface area contributed by atoms with Gasteiger partial charge >= 0.3 is 5.97 Å². The number of carbonyl (C=O) groups is 3. The third-order valence-corrected chi connectivity index (χ3v) is 4.91. The molecule has 0 atom stereocenters. The summed E-state index contributed by atoms with van der Waals surface area (Å²) < 4.78 is 36.2. The van der Waals surface area contributed by atoms with E-state index < -0.39 is 27.8 Å². The quantitative estimate of drug-likeness (QED) is 0.547. The van der Waals surface area contributed by atoms with Crippen molar-refractivity contribution in [1.82, 2.24) is 15.0 Å². The number of esters is 1. The van der Waals surface area contributed by atoms with Crippen molar-refractivity contribution >= 4 is 27.8 Å². The summed E-state index contributed by atoms with van der Waals surface area (Å²) in [6.07, 6.45) is 1.04. The van der Waals surface area contributed by atoms with Gasteiger partial charge in [-0.3, -0.25) is 14.4 Å². The van der Waals surface area contributed by atoms with Gasteiger partial charge in [-0.1, -0.05) is 30.3 Å². The number of ether oxygens (including phenoxy) is 2. The molecule has 2 N–H and O–H groups in total. The molecule has 0 radical (unpaired) electrons.